The van der Waals surface area contributed by atoms with Gasteiger partial charge in [0.25, 0.3) is 0 Å². The topological polar surface area (TPSA) is 26.3 Å². The summed E-state index contributed by atoms with van der Waals surface area (Å²) in [6.07, 6.45) is 2.02. The van der Waals surface area contributed by atoms with Gasteiger partial charge >= 0.3 is 0 Å². The molecule has 0 radical (unpaired) electrons. The Kier molecular flexibility index (Phi) is 2.58. The van der Waals surface area contributed by atoms with Crippen LogP contribution >= 0.6 is 0 Å². The summed E-state index contributed by atoms with van der Waals surface area (Å²) in [5, 5.41) is 0. The summed E-state index contributed by atoms with van der Waals surface area (Å²) >= 11 is 0. The number of carbonyl (C=O) groups excluding carboxylic acids is 1. The molecule has 1 aromatic carbocycles. The van der Waals surface area contributed by atoms with Crippen molar-refractivity contribution in [2.75, 3.05) is 0 Å². The summed E-state index contributed by atoms with van der Waals surface area (Å²) in [6, 6.07) is 7.80. The molecule has 0 aromatic heterocycles. The zero-order valence-corrected chi connectivity index (χ0v) is 8.99. The van der Waals surface area contributed by atoms with Crippen LogP contribution in [0, 0.1) is 0 Å². The zero-order valence-electron chi connectivity index (χ0n) is 8.99. The molecule has 1 heterocycles. The first kappa shape index (κ1) is 9.97. The highest BCUT2D eigenvalue weighted by atomic mass is 16.5. The molecule has 0 bridgehead atoms. The van der Waals surface area contributed by atoms with Gasteiger partial charge in [-0.05, 0) is 31.6 Å². The Bertz CT molecular complexity index is 389. The maximum Gasteiger partial charge on any atom is 0.196 e. The molecule has 0 aliphatic carbocycles. The van der Waals surface area contributed by atoms with E-state index in [2.05, 4.69) is 0 Å². The smallest absolute Gasteiger partial charge is 0.196 e. The van der Waals surface area contributed by atoms with Gasteiger partial charge in [0.1, 0.15) is 5.75 Å². The standard InChI is InChI=1S/C13H14O2/c1-9(2)7-11(14)13-8-10-5-3-4-6-12(10)15-13/h3-7,13H,8H2,1-2H3. The Morgan fingerprint density at radius 1 is 1.40 bits per heavy atom. The molecule has 78 valence electrons. The van der Waals surface area contributed by atoms with Crippen LogP contribution in [0.4, 0.5) is 0 Å². The van der Waals surface area contributed by atoms with Crippen LogP contribution in [0.15, 0.2) is 35.9 Å². The number of fused-ring (bicyclic) bond motifs is 1. The van der Waals surface area contributed by atoms with Crippen LogP contribution in [0.5, 0.6) is 5.75 Å². The van der Waals surface area contributed by atoms with Gasteiger partial charge in [-0.2, -0.15) is 0 Å². The molecule has 0 spiro atoms. The quantitative estimate of drug-likeness (QED) is 0.689. The van der Waals surface area contributed by atoms with Crippen LogP contribution in [0.25, 0.3) is 0 Å². The third kappa shape index (κ3) is 2.09. The summed E-state index contributed by atoms with van der Waals surface area (Å²) in [6.45, 7) is 3.83. The number of hydrogen-bond acceptors (Lipinski definition) is 2. The predicted octanol–water partition coefficient (Wildman–Crippen LogP) is 2.53. The molecule has 0 saturated heterocycles. The van der Waals surface area contributed by atoms with Gasteiger partial charge in [-0.3, -0.25) is 4.79 Å². The highest BCUT2D eigenvalue weighted by molar-refractivity contribution is 5.95. The molecule has 1 unspecified atom stereocenters. The average Bonchev–Trinajstić information content (AvgIpc) is 2.59. The van der Waals surface area contributed by atoms with Gasteiger partial charge < -0.3 is 4.74 Å². The van der Waals surface area contributed by atoms with Crippen molar-refractivity contribution in [1.82, 2.24) is 0 Å². The van der Waals surface area contributed by atoms with Crippen molar-refractivity contribution in [2.45, 2.75) is 26.4 Å². The summed E-state index contributed by atoms with van der Waals surface area (Å²) in [4.78, 5) is 11.7. The monoisotopic (exact) mass is 202 g/mol. The highest BCUT2D eigenvalue weighted by Crippen LogP contribution is 2.28. The van der Waals surface area contributed by atoms with E-state index in [1.54, 1.807) is 6.08 Å². The van der Waals surface area contributed by atoms with Crippen molar-refractivity contribution in [2.24, 2.45) is 0 Å². The molecule has 1 atom stereocenters. The van der Waals surface area contributed by atoms with E-state index < -0.39 is 0 Å². The van der Waals surface area contributed by atoms with Gasteiger partial charge in [-0.1, -0.05) is 23.8 Å². The van der Waals surface area contributed by atoms with Gasteiger partial charge in [0.2, 0.25) is 0 Å². The van der Waals surface area contributed by atoms with Gasteiger partial charge in [0.05, 0.1) is 0 Å². The minimum atomic E-state index is -0.322. The number of allylic oxidation sites excluding steroid dienone is 1. The number of ketones is 1. The molecule has 1 aliphatic heterocycles. The van der Waals surface area contributed by atoms with Crippen molar-refractivity contribution in [3.8, 4) is 5.75 Å². The van der Waals surface area contributed by atoms with E-state index in [0.29, 0.717) is 6.42 Å². The fourth-order valence-electron chi connectivity index (χ4n) is 1.72. The molecule has 2 nitrogen and oxygen atoms in total. The van der Waals surface area contributed by atoms with Crippen LogP contribution in [0.3, 0.4) is 0 Å². The SMILES string of the molecule is CC(C)=CC(=O)C1Cc2ccccc2O1. The third-order valence-corrected chi connectivity index (χ3v) is 2.40. The van der Waals surface area contributed by atoms with Crippen molar-refractivity contribution >= 4 is 5.78 Å². The number of carbonyl (C=O) groups is 1. The van der Waals surface area contributed by atoms with Crippen molar-refractivity contribution in [3.05, 3.63) is 41.5 Å². The van der Waals surface area contributed by atoms with Gasteiger partial charge in [0, 0.05) is 6.42 Å². The summed E-state index contributed by atoms with van der Waals surface area (Å²) in [5.41, 5.74) is 2.14. The molecular formula is C13H14O2. The highest BCUT2D eigenvalue weighted by Gasteiger charge is 2.26. The first-order chi connectivity index (χ1) is 7.16. The van der Waals surface area contributed by atoms with Gasteiger partial charge in [0.15, 0.2) is 11.9 Å². The Morgan fingerprint density at radius 3 is 2.80 bits per heavy atom. The summed E-state index contributed by atoms with van der Waals surface area (Å²) in [5.74, 6) is 0.907. The number of ether oxygens (including phenoxy) is 1. The lowest BCUT2D eigenvalue weighted by molar-refractivity contribution is -0.120. The second kappa shape index (κ2) is 3.89. The lowest BCUT2D eigenvalue weighted by Crippen LogP contribution is -2.23. The first-order valence-corrected chi connectivity index (χ1v) is 5.10. The Labute approximate surface area is 89.6 Å². The molecule has 0 saturated carbocycles. The number of para-hydroxylation sites is 1. The van der Waals surface area contributed by atoms with Gasteiger partial charge in [-0.15, -0.1) is 0 Å². The van der Waals surface area contributed by atoms with E-state index in [4.69, 9.17) is 4.74 Å². The van der Waals surface area contributed by atoms with E-state index in [1.807, 2.05) is 38.1 Å². The normalized spacial score (nSPS) is 17.9. The van der Waals surface area contributed by atoms with Gasteiger partial charge in [-0.25, -0.2) is 0 Å². The first-order valence-electron chi connectivity index (χ1n) is 5.10. The molecule has 1 aromatic rings. The maximum atomic E-state index is 11.7. The largest absolute Gasteiger partial charge is 0.482 e. The molecular weight excluding hydrogens is 188 g/mol. The second-order valence-electron chi connectivity index (χ2n) is 4.04. The van der Waals surface area contributed by atoms with E-state index in [9.17, 15) is 4.79 Å². The lowest BCUT2D eigenvalue weighted by atomic mass is 10.1. The fraction of sp³-hybridized carbons (Fsp3) is 0.308. The predicted molar refractivity (Wildman–Crippen MR) is 59.0 cm³/mol. The minimum absolute atomic E-state index is 0.0613. The Balaban J connectivity index is 2.14. The Hall–Kier alpha value is -1.57. The van der Waals surface area contributed by atoms with E-state index in [1.165, 1.54) is 0 Å². The molecule has 2 heteroatoms. The number of hydrogen-bond donors (Lipinski definition) is 0. The lowest BCUT2D eigenvalue weighted by Gasteiger charge is -2.06. The van der Waals surface area contributed by atoms with Crippen LogP contribution in [-0.4, -0.2) is 11.9 Å². The van der Waals surface area contributed by atoms with Crippen LogP contribution in [0.2, 0.25) is 0 Å². The number of rotatable bonds is 2. The maximum absolute atomic E-state index is 11.7. The second-order valence-corrected chi connectivity index (χ2v) is 4.04. The molecule has 0 amide bonds. The molecule has 2 rings (SSSR count). The van der Waals surface area contributed by atoms with E-state index in [0.717, 1.165) is 16.9 Å². The van der Waals surface area contributed by atoms with Crippen molar-refractivity contribution in [3.63, 3.8) is 0 Å². The molecule has 0 N–H and O–H groups in total. The Morgan fingerprint density at radius 2 is 2.13 bits per heavy atom. The van der Waals surface area contributed by atoms with Crippen LogP contribution < -0.4 is 4.74 Å². The third-order valence-electron chi connectivity index (χ3n) is 2.40. The molecule has 1 aliphatic rings. The van der Waals surface area contributed by atoms with Crippen LogP contribution in [0.1, 0.15) is 19.4 Å². The molecule has 0 fully saturated rings. The average molecular weight is 202 g/mol. The summed E-state index contributed by atoms with van der Waals surface area (Å²) in [7, 11) is 0. The summed E-state index contributed by atoms with van der Waals surface area (Å²) < 4.78 is 5.58. The van der Waals surface area contributed by atoms with Crippen molar-refractivity contribution < 1.29 is 9.53 Å². The van der Waals surface area contributed by atoms with E-state index in [-0.39, 0.29) is 11.9 Å². The molecule has 15 heavy (non-hydrogen) atoms. The fourth-order valence-corrected chi connectivity index (χ4v) is 1.72. The van der Waals surface area contributed by atoms with Crippen LogP contribution in [-0.2, 0) is 11.2 Å². The van der Waals surface area contributed by atoms with E-state index >= 15 is 0 Å². The number of benzene rings is 1. The van der Waals surface area contributed by atoms with Crippen molar-refractivity contribution in [1.29, 1.82) is 0 Å². The zero-order chi connectivity index (χ0) is 10.8. The minimum Gasteiger partial charge on any atom is -0.482 e.